The van der Waals surface area contributed by atoms with Crippen LogP contribution in [0.2, 0.25) is 0 Å². The number of aromatic nitrogens is 5. The first-order valence-corrected chi connectivity index (χ1v) is 12.2. The summed E-state index contributed by atoms with van der Waals surface area (Å²) >= 11 is 5.22. The third-order valence-electron chi connectivity index (χ3n) is 4.66. The van der Waals surface area contributed by atoms with Crippen LogP contribution in [-0.2, 0) is 16.4 Å². The fraction of sp³-hybridized carbons (Fsp3) is 0.136. The van der Waals surface area contributed by atoms with E-state index in [-0.39, 0.29) is 4.90 Å². The lowest BCUT2D eigenvalue weighted by Gasteiger charge is -2.08. The Morgan fingerprint density at radius 2 is 2.06 bits per heavy atom. The summed E-state index contributed by atoms with van der Waals surface area (Å²) in [5, 5.41) is 10.8. The molecule has 0 saturated heterocycles. The van der Waals surface area contributed by atoms with Crippen molar-refractivity contribution in [3.63, 3.8) is 0 Å². The third kappa shape index (κ3) is 5.57. The lowest BCUT2D eigenvalue weighted by molar-refractivity contribution is 0.601. The van der Waals surface area contributed by atoms with Crippen LogP contribution in [0.4, 0.5) is 5.82 Å². The van der Waals surface area contributed by atoms with E-state index in [9.17, 15) is 8.42 Å². The van der Waals surface area contributed by atoms with Crippen LogP contribution in [-0.4, -0.2) is 51.1 Å². The van der Waals surface area contributed by atoms with Gasteiger partial charge in [0.2, 0.25) is 0 Å². The quantitative estimate of drug-likeness (QED) is 0.305. The highest BCUT2D eigenvalue weighted by Crippen LogP contribution is 2.20. The molecule has 4 rings (SSSR count). The van der Waals surface area contributed by atoms with Crippen molar-refractivity contribution in [3.8, 4) is 11.3 Å². The molecule has 0 aliphatic carbocycles. The minimum Gasteiger partial charge on any atom is -0.359 e. The maximum Gasteiger partial charge on any atom is 0.180 e. The largest absolute Gasteiger partial charge is 0.359 e. The Labute approximate surface area is 196 Å². The number of nitrogens with one attached hydrogen (secondary N) is 2. The van der Waals surface area contributed by atoms with E-state index < -0.39 is 9.84 Å². The standard InChI is InChI=1S/C22H21N7O2S2/c1-3-9-23-22(32)28-20-8-7-18-21(27-20)26-19(12-24-18)16-11-25-29(14-16)13-15-5-4-6-17(10-15)33(2,30)31/h3-8,10-12,14H,1,9,13H2,2H3,(H2,23,26,27,28,32). The van der Waals surface area contributed by atoms with Crippen LogP contribution in [0, 0.1) is 0 Å². The van der Waals surface area contributed by atoms with Gasteiger partial charge in [-0.25, -0.2) is 18.4 Å². The predicted octanol–water partition coefficient (Wildman–Crippen LogP) is 2.81. The molecule has 0 radical (unpaired) electrons. The molecular weight excluding hydrogens is 458 g/mol. The molecule has 11 heteroatoms. The van der Waals surface area contributed by atoms with Crippen LogP contribution < -0.4 is 10.6 Å². The zero-order chi connectivity index (χ0) is 23.4. The van der Waals surface area contributed by atoms with Crippen LogP contribution in [0.3, 0.4) is 0 Å². The summed E-state index contributed by atoms with van der Waals surface area (Å²) in [5.41, 5.74) is 3.34. The highest BCUT2D eigenvalue weighted by atomic mass is 32.2. The number of rotatable bonds is 7. The molecule has 4 aromatic rings. The number of pyridine rings is 1. The van der Waals surface area contributed by atoms with Crippen LogP contribution >= 0.6 is 12.2 Å². The second-order valence-corrected chi connectivity index (χ2v) is 9.69. The van der Waals surface area contributed by atoms with Crippen molar-refractivity contribution in [1.29, 1.82) is 0 Å². The van der Waals surface area contributed by atoms with E-state index in [2.05, 4.69) is 37.3 Å². The summed E-state index contributed by atoms with van der Waals surface area (Å²) < 4.78 is 25.3. The monoisotopic (exact) mass is 479 g/mol. The van der Waals surface area contributed by atoms with Gasteiger partial charge in [-0.1, -0.05) is 18.2 Å². The van der Waals surface area contributed by atoms with Gasteiger partial charge >= 0.3 is 0 Å². The van der Waals surface area contributed by atoms with E-state index in [0.29, 0.717) is 40.9 Å². The van der Waals surface area contributed by atoms with Crippen molar-refractivity contribution in [1.82, 2.24) is 30.0 Å². The summed E-state index contributed by atoms with van der Waals surface area (Å²) in [6.07, 6.45) is 8.09. The maximum atomic E-state index is 11.8. The van der Waals surface area contributed by atoms with Gasteiger partial charge in [-0.05, 0) is 42.0 Å². The van der Waals surface area contributed by atoms with E-state index >= 15 is 0 Å². The van der Waals surface area contributed by atoms with Gasteiger partial charge in [0.15, 0.2) is 20.6 Å². The summed E-state index contributed by atoms with van der Waals surface area (Å²) in [5.74, 6) is 0.553. The minimum absolute atomic E-state index is 0.280. The first-order chi connectivity index (χ1) is 15.8. The molecular formula is C22H21N7O2S2. The molecule has 0 bridgehead atoms. The number of anilines is 1. The zero-order valence-electron chi connectivity index (χ0n) is 17.8. The van der Waals surface area contributed by atoms with Crippen LogP contribution in [0.1, 0.15) is 5.56 Å². The number of hydrogen-bond donors (Lipinski definition) is 2. The average molecular weight is 480 g/mol. The van der Waals surface area contributed by atoms with Gasteiger partial charge in [0.05, 0.1) is 29.5 Å². The lowest BCUT2D eigenvalue weighted by Crippen LogP contribution is -2.28. The molecule has 33 heavy (non-hydrogen) atoms. The normalized spacial score (nSPS) is 11.3. The molecule has 3 heterocycles. The highest BCUT2D eigenvalue weighted by molar-refractivity contribution is 7.90. The first-order valence-electron chi connectivity index (χ1n) is 9.93. The minimum atomic E-state index is -3.27. The predicted molar refractivity (Wildman–Crippen MR) is 132 cm³/mol. The molecule has 0 unspecified atom stereocenters. The number of benzene rings is 1. The number of thiocarbonyl (C=S) groups is 1. The maximum absolute atomic E-state index is 11.8. The van der Waals surface area contributed by atoms with Gasteiger partial charge < -0.3 is 10.6 Å². The Kier molecular flexibility index (Phi) is 6.43. The number of hydrogen-bond acceptors (Lipinski definition) is 7. The van der Waals surface area contributed by atoms with Gasteiger partial charge in [0, 0.05) is 24.6 Å². The van der Waals surface area contributed by atoms with Gasteiger partial charge in [-0.15, -0.1) is 6.58 Å². The third-order valence-corrected chi connectivity index (χ3v) is 6.01. The molecule has 2 N–H and O–H groups in total. The molecule has 0 spiro atoms. The van der Waals surface area contributed by atoms with Crippen molar-refractivity contribution in [2.45, 2.75) is 11.4 Å². The Morgan fingerprint density at radius 3 is 2.85 bits per heavy atom. The van der Waals surface area contributed by atoms with E-state index in [4.69, 9.17) is 12.2 Å². The molecule has 168 valence electrons. The summed E-state index contributed by atoms with van der Waals surface area (Å²) in [4.78, 5) is 13.8. The molecule has 0 aliphatic heterocycles. The molecule has 0 atom stereocenters. The summed E-state index contributed by atoms with van der Waals surface area (Å²) in [7, 11) is -3.27. The van der Waals surface area contributed by atoms with Crippen LogP contribution in [0.5, 0.6) is 0 Å². The van der Waals surface area contributed by atoms with Gasteiger partial charge in [0.1, 0.15) is 11.3 Å². The molecule has 0 aliphatic rings. The average Bonchev–Trinajstić information content (AvgIpc) is 3.25. The molecule has 3 aromatic heterocycles. The molecule has 0 amide bonds. The topological polar surface area (TPSA) is 115 Å². The summed E-state index contributed by atoms with van der Waals surface area (Å²) in [6, 6.07) is 10.4. The van der Waals surface area contributed by atoms with E-state index in [1.165, 1.54) is 6.26 Å². The number of nitrogens with zero attached hydrogens (tertiary/aromatic N) is 5. The Balaban J connectivity index is 1.54. The van der Waals surface area contributed by atoms with E-state index in [1.54, 1.807) is 47.4 Å². The van der Waals surface area contributed by atoms with Gasteiger partial charge in [-0.3, -0.25) is 9.67 Å². The Hall–Kier alpha value is -3.70. The first kappa shape index (κ1) is 22.5. The van der Waals surface area contributed by atoms with Gasteiger partial charge in [-0.2, -0.15) is 5.10 Å². The molecule has 0 saturated carbocycles. The molecule has 9 nitrogen and oxygen atoms in total. The SMILES string of the molecule is C=CCNC(=S)Nc1ccc2ncc(-c3cnn(Cc4cccc(S(C)(=O)=O)c4)c3)nc2n1. The smallest absolute Gasteiger partial charge is 0.180 e. The van der Waals surface area contributed by atoms with Crippen molar-refractivity contribution in [2.75, 3.05) is 18.1 Å². The van der Waals surface area contributed by atoms with E-state index in [0.717, 1.165) is 11.1 Å². The van der Waals surface area contributed by atoms with Crippen LogP contribution in [0.15, 0.2) is 72.5 Å². The van der Waals surface area contributed by atoms with Gasteiger partial charge in [0.25, 0.3) is 0 Å². The van der Waals surface area contributed by atoms with Crippen LogP contribution in [0.25, 0.3) is 22.4 Å². The molecule has 1 aromatic carbocycles. The second-order valence-electron chi connectivity index (χ2n) is 7.26. The van der Waals surface area contributed by atoms with Crippen molar-refractivity contribution in [2.24, 2.45) is 0 Å². The number of fused-ring (bicyclic) bond motifs is 1. The Morgan fingerprint density at radius 1 is 1.21 bits per heavy atom. The van der Waals surface area contributed by atoms with E-state index in [1.807, 2.05) is 18.3 Å². The van der Waals surface area contributed by atoms with Crippen molar-refractivity contribution >= 4 is 44.1 Å². The molecule has 0 fully saturated rings. The summed E-state index contributed by atoms with van der Waals surface area (Å²) in [6.45, 7) is 4.61. The lowest BCUT2D eigenvalue weighted by atomic mass is 10.2. The zero-order valence-corrected chi connectivity index (χ0v) is 19.4. The fourth-order valence-electron chi connectivity index (χ4n) is 3.08. The number of sulfone groups is 1. The van der Waals surface area contributed by atoms with Crippen molar-refractivity contribution < 1.29 is 8.42 Å². The Bertz CT molecular complexity index is 1450. The highest BCUT2D eigenvalue weighted by Gasteiger charge is 2.10. The van der Waals surface area contributed by atoms with Crippen molar-refractivity contribution in [3.05, 3.63) is 73.2 Å². The second kappa shape index (κ2) is 9.43. The fourth-order valence-corrected chi connectivity index (χ4v) is 3.95.